The molecule has 232 valence electrons. The summed E-state index contributed by atoms with van der Waals surface area (Å²) in [6, 6.07) is 62.9. The van der Waals surface area contributed by atoms with Crippen molar-refractivity contribution in [2.45, 2.75) is 0 Å². The van der Waals surface area contributed by atoms with Crippen LogP contribution in [0.1, 0.15) is 0 Å². The zero-order valence-corrected chi connectivity index (χ0v) is 28.6. The van der Waals surface area contributed by atoms with Gasteiger partial charge in [-0.3, -0.25) is 0 Å². The number of fused-ring (bicyclic) bond motifs is 11. The molecule has 0 saturated carbocycles. The number of thiophene rings is 2. The summed E-state index contributed by atoms with van der Waals surface area (Å²) in [7, 11) is 0. The van der Waals surface area contributed by atoms with Crippen LogP contribution in [-0.2, 0) is 0 Å². The minimum absolute atomic E-state index is 1.24. The third-order valence-corrected chi connectivity index (χ3v) is 12.8. The zero-order valence-electron chi connectivity index (χ0n) is 27.0. The Balaban J connectivity index is 1.24. The molecule has 11 rings (SSSR count). The van der Waals surface area contributed by atoms with Gasteiger partial charge in [-0.1, -0.05) is 146 Å². The van der Waals surface area contributed by atoms with Crippen molar-refractivity contribution in [3.8, 4) is 33.4 Å². The average molecular weight is 669 g/mol. The van der Waals surface area contributed by atoms with Gasteiger partial charge < -0.3 is 0 Å². The smallest absolute Gasteiger partial charge is 0.0449 e. The van der Waals surface area contributed by atoms with Crippen molar-refractivity contribution in [3.63, 3.8) is 0 Å². The molecule has 50 heavy (non-hydrogen) atoms. The number of hydrogen-bond donors (Lipinski definition) is 0. The monoisotopic (exact) mass is 668 g/mol. The van der Waals surface area contributed by atoms with Crippen LogP contribution < -0.4 is 0 Å². The topological polar surface area (TPSA) is 0 Å². The molecule has 0 saturated heterocycles. The fourth-order valence-corrected chi connectivity index (χ4v) is 10.9. The first-order chi connectivity index (χ1) is 24.8. The Hall–Kier alpha value is -5.80. The van der Waals surface area contributed by atoms with Crippen LogP contribution in [0, 0.1) is 0 Å². The minimum Gasteiger partial charge on any atom is -0.134 e. The number of benzene rings is 9. The molecule has 2 heterocycles. The first-order valence-electron chi connectivity index (χ1n) is 17.1. The van der Waals surface area contributed by atoms with E-state index in [9.17, 15) is 0 Å². The number of hydrogen-bond acceptors (Lipinski definition) is 2. The molecule has 0 unspecified atom stereocenters. The van der Waals surface area contributed by atoms with Crippen LogP contribution in [0.3, 0.4) is 0 Å². The van der Waals surface area contributed by atoms with E-state index in [2.05, 4.69) is 170 Å². The maximum absolute atomic E-state index is 2.49. The van der Waals surface area contributed by atoms with Crippen molar-refractivity contribution < 1.29 is 0 Å². The molecule has 2 heteroatoms. The molecule has 9 aromatic carbocycles. The van der Waals surface area contributed by atoms with Gasteiger partial charge in [0.1, 0.15) is 0 Å². The predicted molar refractivity (Wildman–Crippen MR) is 221 cm³/mol. The maximum Gasteiger partial charge on any atom is 0.0449 e. The van der Waals surface area contributed by atoms with Gasteiger partial charge in [-0.2, -0.15) is 0 Å². The summed E-state index contributed by atoms with van der Waals surface area (Å²) < 4.78 is 5.43. The number of rotatable bonds is 3. The summed E-state index contributed by atoms with van der Waals surface area (Å²) in [5.74, 6) is 0. The zero-order chi connectivity index (χ0) is 32.8. The second kappa shape index (κ2) is 10.9. The fraction of sp³-hybridized carbons (Fsp3) is 0. The van der Waals surface area contributed by atoms with Gasteiger partial charge in [0.15, 0.2) is 0 Å². The SMILES string of the molecule is c1ccc(-c2c3ccccc3c(-c3cccc(-c4cc5c(sc6ccc7ccccc7c65)c5c4sc4ccccc45)c3)c3ccccc23)cc1. The second-order valence-electron chi connectivity index (χ2n) is 13.2. The molecule has 2 aromatic heterocycles. The lowest BCUT2D eigenvalue weighted by molar-refractivity contribution is 1.64. The van der Waals surface area contributed by atoms with Crippen LogP contribution >= 0.6 is 22.7 Å². The normalized spacial score (nSPS) is 12.0. The Labute approximate surface area is 297 Å². The fourth-order valence-electron chi connectivity index (χ4n) is 8.30. The van der Waals surface area contributed by atoms with Crippen molar-refractivity contribution in [3.05, 3.63) is 170 Å². The Morgan fingerprint density at radius 1 is 0.300 bits per heavy atom. The van der Waals surface area contributed by atoms with Crippen LogP contribution in [0.4, 0.5) is 0 Å². The van der Waals surface area contributed by atoms with Gasteiger partial charge in [-0.15, -0.1) is 22.7 Å². The first-order valence-corrected chi connectivity index (χ1v) is 18.7. The van der Waals surface area contributed by atoms with Crippen LogP contribution in [0.25, 0.3) is 106 Å². The summed E-state index contributed by atoms with van der Waals surface area (Å²) in [5.41, 5.74) is 7.63. The van der Waals surface area contributed by atoms with Crippen LogP contribution in [0.15, 0.2) is 170 Å². The van der Waals surface area contributed by atoms with Crippen molar-refractivity contribution in [1.82, 2.24) is 0 Å². The molecule has 0 amide bonds. The van der Waals surface area contributed by atoms with Gasteiger partial charge in [-0.25, -0.2) is 0 Å². The minimum atomic E-state index is 1.24. The Morgan fingerprint density at radius 3 is 1.60 bits per heavy atom. The van der Waals surface area contributed by atoms with E-state index in [1.54, 1.807) is 0 Å². The van der Waals surface area contributed by atoms with Gasteiger partial charge in [0, 0.05) is 45.9 Å². The van der Waals surface area contributed by atoms with Gasteiger partial charge in [0.2, 0.25) is 0 Å². The third kappa shape index (κ3) is 4.04. The van der Waals surface area contributed by atoms with Gasteiger partial charge >= 0.3 is 0 Å². The average Bonchev–Trinajstić information content (AvgIpc) is 3.76. The lowest BCUT2D eigenvalue weighted by atomic mass is 9.85. The third-order valence-electron chi connectivity index (χ3n) is 10.4. The largest absolute Gasteiger partial charge is 0.134 e. The van der Waals surface area contributed by atoms with E-state index in [0.29, 0.717) is 0 Å². The highest BCUT2D eigenvalue weighted by Crippen LogP contribution is 2.51. The van der Waals surface area contributed by atoms with Crippen LogP contribution in [0.5, 0.6) is 0 Å². The van der Waals surface area contributed by atoms with Crippen molar-refractivity contribution in [2.24, 2.45) is 0 Å². The lowest BCUT2D eigenvalue weighted by Crippen LogP contribution is -1.91. The maximum atomic E-state index is 2.49. The lowest BCUT2D eigenvalue weighted by Gasteiger charge is -2.18. The van der Waals surface area contributed by atoms with E-state index >= 15 is 0 Å². The van der Waals surface area contributed by atoms with Gasteiger partial charge in [0.05, 0.1) is 0 Å². The second-order valence-corrected chi connectivity index (χ2v) is 15.3. The summed E-state index contributed by atoms with van der Waals surface area (Å²) in [5, 5.41) is 13.2. The summed E-state index contributed by atoms with van der Waals surface area (Å²) in [6.45, 7) is 0. The molecule has 0 aliphatic carbocycles. The molecule has 11 aromatic rings. The van der Waals surface area contributed by atoms with Gasteiger partial charge in [-0.05, 0) is 84.4 Å². The molecule has 0 N–H and O–H groups in total. The Kier molecular flexibility index (Phi) is 6.09. The van der Waals surface area contributed by atoms with E-state index in [1.807, 2.05) is 22.7 Å². The van der Waals surface area contributed by atoms with Crippen LogP contribution in [0.2, 0.25) is 0 Å². The quantitative estimate of drug-likeness (QED) is 0.164. The molecule has 0 aliphatic heterocycles. The molecular weight excluding hydrogens is 641 g/mol. The van der Waals surface area contributed by atoms with Crippen molar-refractivity contribution >= 4 is 95.3 Å². The predicted octanol–water partition coefficient (Wildman–Crippen LogP) is 14.9. The Bertz CT molecular complexity index is 3080. The summed E-state index contributed by atoms with van der Waals surface area (Å²) in [6.07, 6.45) is 0. The highest BCUT2D eigenvalue weighted by atomic mass is 32.1. The standard InChI is InChI=1S/C48H28S2/c1-2-14-30(15-3-1)43-34-19-6-8-21-36(34)44(37-22-9-7-20-35(37)43)32-17-12-16-31(27-32)39-28-40-45-33-18-5-4-13-29(33)25-26-42(45)50-48(40)46-38-23-10-11-24-41(38)49-47(39)46/h1-28H. The molecular formula is C48H28S2. The highest BCUT2D eigenvalue weighted by Gasteiger charge is 2.21. The summed E-state index contributed by atoms with van der Waals surface area (Å²) >= 11 is 3.86. The molecule has 0 aliphatic rings. The molecule has 0 radical (unpaired) electrons. The van der Waals surface area contributed by atoms with E-state index in [0.717, 1.165) is 0 Å². The van der Waals surface area contributed by atoms with Gasteiger partial charge in [0.25, 0.3) is 0 Å². The molecule has 0 nitrogen and oxygen atoms in total. The molecule has 0 fully saturated rings. The first kappa shape index (κ1) is 28.1. The Morgan fingerprint density at radius 2 is 0.860 bits per heavy atom. The molecule has 0 bridgehead atoms. The highest BCUT2D eigenvalue weighted by molar-refractivity contribution is 7.30. The van der Waals surface area contributed by atoms with Crippen molar-refractivity contribution in [2.75, 3.05) is 0 Å². The van der Waals surface area contributed by atoms with E-state index < -0.39 is 0 Å². The van der Waals surface area contributed by atoms with Crippen LogP contribution in [-0.4, -0.2) is 0 Å². The molecule has 0 spiro atoms. The van der Waals surface area contributed by atoms with E-state index in [4.69, 9.17) is 0 Å². The van der Waals surface area contributed by atoms with E-state index in [-0.39, 0.29) is 0 Å². The van der Waals surface area contributed by atoms with E-state index in [1.165, 1.54) is 106 Å². The molecule has 0 atom stereocenters. The summed E-state index contributed by atoms with van der Waals surface area (Å²) in [4.78, 5) is 0. The van der Waals surface area contributed by atoms with Crippen molar-refractivity contribution in [1.29, 1.82) is 0 Å².